The van der Waals surface area contributed by atoms with Gasteiger partial charge in [-0.1, -0.05) is 44.0 Å². The van der Waals surface area contributed by atoms with Crippen LogP contribution in [0.4, 0.5) is 0 Å². The molecule has 0 amide bonds. The third-order valence-electron chi connectivity index (χ3n) is 5.15. The van der Waals surface area contributed by atoms with Gasteiger partial charge in [0.1, 0.15) is 5.71 Å². The minimum Gasteiger partial charge on any atom is -0.410 e. The van der Waals surface area contributed by atoms with E-state index in [1.165, 1.54) is 24.3 Å². The van der Waals surface area contributed by atoms with Crippen LogP contribution in [-0.4, -0.2) is 40.8 Å². The highest BCUT2D eigenvalue weighted by atomic mass is 32.2. The van der Waals surface area contributed by atoms with Gasteiger partial charge in [-0.2, -0.15) is 0 Å². The van der Waals surface area contributed by atoms with E-state index < -0.39 is 20.0 Å². The highest BCUT2D eigenvalue weighted by molar-refractivity contribution is 7.89. The molecule has 168 valence electrons. The topological polar surface area (TPSA) is 125 Å². The van der Waals surface area contributed by atoms with E-state index in [4.69, 9.17) is 0 Å². The molecule has 31 heavy (non-hydrogen) atoms. The minimum absolute atomic E-state index is 0.0605. The molecule has 1 aliphatic carbocycles. The average Bonchev–Trinajstić information content (AvgIpc) is 3.06. The molecule has 0 unspecified atom stereocenters. The summed E-state index contributed by atoms with van der Waals surface area (Å²) in [5.74, 6) is 0. The maximum atomic E-state index is 12.6. The van der Waals surface area contributed by atoms with Crippen LogP contribution in [0.1, 0.15) is 50.7 Å². The number of fused-ring (bicyclic) bond motifs is 3. The molecule has 0 heterocycles. The number of rotatable bonds is 10. The Morgan fingerprint density at radius 2 is 1.16 bits per heavy atom. The van der Waals surface area contributed by atoms with E-state index >= 15 is 0 Å². The van der Waals surface area contributed by atoms with Crippen molar-refractivity contribution >= 4 is 25.8 Å². The van der Waals surface area contributed by atoms with Crippen LogP contribution in [0.2, 0.25) is 0 Å². The number of nitrogens with zero attached hydrogens (tertiary/aromatic N) is 1. The molecule has 0 saturated carbocycles. The third kappa shape index (κ3) is 4.82. The Bertz CT molecular complexity index is 1110. The van der Waals surface area contributed by atoms with Crippen LogP contribution < -0.4 is 9.44 Å². The summed E-state index contributed by atoms with van der Waals surface area (Å²) in [6, 6.07) is 9.18. The van der Waals surface area contributed by atoms with Gasteiger partial charge in [0.15, 0.2) is 0 Å². The zero-order chi connectivity index (χ0) is 22.6. The number of hydrogen-bond donors (Lipinski definition) is 3. The van der Waals surface area contributed by atoms with Gasteiger partial charge in [-0.25, -0.2) is 26.3 Å². The molecule has 3 N–H and O–H groups in total. The summed E-state index contributed by atoms with van der Waals surface area (Å²) in [7, 11) is -7.42. The lowest BCUT2D eigenvalue weighted by Gasteiger charge is -2.08. The van der Waals surface area contributed by atoms with E-state index in [0.717, 1.165) is 25.7 Å². The fourth-order valence-corrected chi connectivity index (χ4v) is 5.63. The highest BCUT2D eigenvalue weighted by Crippen LogP contribution is 2.39. The zero-order valence-electron chi connectivity index (χ0n) is 17.6. The summed E-state index contributed by atoms with van der Waals surface area (Å²) in [5.41, 5.74) is 2.37. The number of oxime groups is 1. The van der Waals surface area contributed by atoms with Crippen molar-refractivity contribution in [3.05, 3.63) is 47.5 Å². The Morgan fingerprint density at radius 1 is 0.742 bits per heavy atom. The largest absolute Gasteiger partial charge is 0.410 e. The van der Waals surface area contributed by atoms with Crippen LogP contribution in [0.25, 0.3) is 11.1 Å². The predicted molar refractivity (Wildman–Crippen MR) is 119 cm³/mol. The van der Waals surface area contributed by atoms with Crippen molar-refractivity contribution in [2.45, 2.75) is 49.3 Å². The molecule has 0 atom stereocenters. The van der Waals surface area contributed by atoms with Crippen LogP contribution in [0.5, 0.6) is 0 Å². The Hall–Kier alpha value is -2.27. The Morgan fingerprint density at radius 3 is 1.52 bits per heavy atom. The maximum Gasteiger partial charge on any atom is 0.240 e. The molecule has 2 aromatic rings. The highest BCUT2D eigenvalue weighted by Gasteiger charge is 2.29. The molecular weight excluding hydrogens is 438 g/mol. The van der Waals surface area contributed by atoms with Gasteiger partial charge in [0.25, 0.3) is 0 Å². The van der Waals surface area contributed by atoms with Crippen molar-refractivity contribution in [1.82, 2.24) is 9.44 Å². The molecule has 0 aromatic heterocycles. The van der Waals surface area contributed by atoms with Crippen LogP contribution in [0.15, 0.2) is 51.3 Å². The SMILES string of the molecule is CCCCNS(=O)(=O)c1ccc2c(c1)C(=NO)c1cc(S(=O)(=O)NCCCC)ccc1-2. The molecule has 8 nitrogen and oxygen atoms in total. The number of unbranched alkanes of at least 4 members (excludes halogenated alkanes) is 2. The van der Waals surface area contributed by atoms with Gasteiger partial charge < -0.3 is 5.21 Å². The summed E-state index contributed by atoms with van der Waals surface area (Å²) in [4.78, 5) is 0.121. The fraction of sp³-hybridized carbons (Fsp3) is 0.381. The van der Waals surface area contributed by atoms with Crippen LogP contribution in [-0.2, 0) is 20.0 Å². The molecule has 2 aromatic carbocycles. The number of benzene rings is 2. The number of nitrogens with one attached hydrogen (secondary N) is 2. The second kappa shape index (κ2) is 9.47. The van der Waals surface area contributed by atoms with E-state index in [1.807, 2.05) is 13.8 Å². The Labute approximate surface area is 183 Å². The molecule has 0 spiro atoms. The van der Waals surface area contributed by atoms with Crippen molar-refractivity contribution in [2.75, 3.05) is 13.1 Å². The van der Waals surface area contributed by atoms with Crippen molar-refractivity contribution in [3.8, 4) is 11.1 Å². The van der Waals surface area contributed by atoms with Gasteiger partial charge in [0.2, 0.25) is 20.0 Å². The Kier molecular flexibility index (Phi) is 7.15. The van der Waals surface area contributed by atoms with Gasteiger partial charge >= 0.3 is 0 Å². The summed E-state index contributed by atoms with van der Waals surface area (Å²) in [6.45, 7) is 4.62. The second-order valence-corrected chi connectivity index (χ2v) is 10.9. The van der Waals surface area contributed by atoms with Crippen molar-refractivity contribution in [3.63, 3.8) is 0 Å². The molecule has 0 radical (unpaired) electrons. The number of sulfonamides is 2. The van der Waals surface area contributed by atoms with Gasteiger partial charge in [0.05, 0.1) is 9.79 Å². The molecule has 0 saturated heterocycles. The van der Waals surface area contributed by atoms with Gasteiger partial charge in [-0.05, 0) is 48.2 Å². The van der Waals surface area contributed by atoms with Crippen molar-refractivity contribution in [2.24, 2.45) is 5.16 Å². The quantitative estimate of drug-likeness (QED) is 0.241. The molecule has 0 aliphatic heterocycles. The Balaban J connectivity index is 1.98. The third-order valence-corrected chi connectivity index (χ3v) is 8.07. The summed E-state index contributed by atoms with van der Waals surface area (Å²) in [5, 5.41) is 13.0. The van der Waals surface area contributed by atoms with Crippen LogP contribution in [0, 0.1) is 0 Å². The smallest absolute Gasteiger partial charge is 0.240 e. The first-order valence-corrected chi connectivity index (χ1v) is 13.2. The van der Waals surface area contributed by atoms with E-state index in [2.05, 4.69) is 14.6 Å². The van der Waals surface area contributed by atoms with Crippen LogP contribution in [0.3, 0.4) is 0 Å². The molecule has 10 heteroatoms. The summed E-state index contributed by atoms with van der Waals surface area (Å²) >= 11 is 0. The molecule has 1 aliphatic rings. The fourth-order valence-electron chi connectivity index (χ4n) is 3.43. The van der Waals surface area contributed by atoms with Crippen molar-refractivity contribution in [1.29, 1.82) is 0 Å². The predicted octanol–water partition coefficient (Wildman–Crippen LogP) is 3.05. The van der Waals surface area contributed by atoms with Gasteiger partial charge in [-0.15, -0.1) is 0 Å². The molecule has 3 rings (SSSR count). The lowest BCUT2D eigenvalue weighted by molar-refractivity contribution is 0.320. The summed E-state index contributed by atoms with van der Waals surface area (Å²) < 4.78 is 55.5. The van der Waals surface area contributed by atoms with E-state index in [9.17, 15) is 22.0 Å². The standard InChI is InChI=1S/C21H27N3O5S2/c1-3-5-11-22-30(26,27)15-7-9-17-18-10-8-16(31(28,29)23-12-6-4-2)14-20(18)21(24-25)19(17)13-15/h7-10,13-14,22-23,25H,3-6,11-12H2,1-2H3. The maximum absolute atomic E-state index is 12.6. The summed E-state index contributed by atoms with van der Waals surface area (Å²) in [6.07, 6.45) is 3.18. The lowest BCUT2D eigenvalue weighted by atomic mass is 10.1. The van der Waals surface area contributed by atoms with E-state index in [1.54, 1.807) is 12.1 Å². The van der Waals surface area contributed by atoms with E-state index in [0.29, 0.717) is 35.3 Å². The molecule has 0 fully saturated rings. The zero-order valence-corrected chi connectivity index (χ0v) is 19.2. The van der Waals surface area contributed by atoms with Crippen LogP contribution >= 0.6 is 0 Å². The molecule has 0 bridgehead atoms. The van der Waals surface area contributed by atoms with E-state index in [-0.39, 0.29) is 15.5 Å². The van der Waals surface area contributed by atoms with Crippen molar-refractivity contribution < 1.29 is 22.0 Å². The average molecular weight is 466 g/mol. The minimum atomic E-state index is -3.71. The number of hydrogen-bond acceptors (Lipinski definition) is 6. The first-order valence-electron chi connectivity index (χ1n) is 10.3. The lowest BCUT2D eigenvalue weighted by Crippen LogP contribution is -2.25. The monoisotopic (exact) mass is 465 g/mol. The normalized spacial score (nSPS) is 13.2. The first kappa shape index (κ1) is 23.4. The van der Waals surface area contributed by atoms with Gasteiger partial charge in [0, 0.05) is 24.2 Å². The first-order chi connectivity index (χ1) is 14.7. The molecular formula is C21H27N3O5S2. The second-order valence-electron chi connectivity index (χ2n) is 7.37. The van der Waals surface area contributed by atoms with Gasteiger partial charge in [-0.3, -0.25) is 0 Å².